The molecule has 0 spiro atoms. The van der Waals surface area contributed by atoms with E-state index >= 15 is 0 Å². The maximum Gasteiger partial charge on any atom is 0.416 e. The van der Waals surface area contributed by atoms with Crippen molar-refractivity contribution in [1.82, 2.24) is 4.98 Å². The van der Waals surface area contributed by atoms with Crippen LogP contribution in [0.1, 0.15) is 19.4 Å². The normalized spacial score (nSPS) is 12.0. The average molecular weight is 391 g/mol. The third-order valence-electron chi connectivity index (χ3n) is 3.56. The second kappa shape index (κ2) is 8.22. The minimum atomic E-state index is -4.65. The van der Waals surface area contributed by atoms with Crippen molar-refractivity contribution in [3.8, 4) is 11.3 Å². The van der Waals surface area contributed by atoms with Crippen molar-refractivity contribution in [3.05, 3.63) is 29.6 Å². The van der Waals surface area contributed by atoms with Crippen LogP contribution in [0.5, 0.6) is 0 Å². The predicted molar refractivity (Wildman–Crippen MR) is 95.8 cm³/mol. The first kappa shape index (κ1) is 20.4. The number of methoxy groups -OCH3 is 1. The molecule has 1 aromatic carbocycles. The Morgan fingerprint density at radius 1 is 1.27 bits per heavy atom. The predicted octanol–water partition coefficient (Wildman–Crippen LogP) is 4.66. The van der Waals surface area contributed by atoms with E-state index < -0.39 is 17.6 Å². The van der Waals surface area contributed by atoms with Crippen molar-refractivity contribution in [1.29, 1.82) is 0 Å². The number of ether oxygens (including phenoxy) is 1. The molecule has 0 aliphatic rings. The molecule has 0 saturated heterocycles. The summed E-state index contributed by atoms with van der Waals surface area (Å²) in [5, 5.41) is 0.811. The molecule has 0 radical (unpaired) electrons. The van der Waals surface area contributed by atoms with Gasteiger partial charge in [-0.2, -0.15) is 13.2 Å². The van der Waals surface area contributed by atoms with Crippen molar-refractivity contribution in [2.75, 3.05) is 37.4 Å². The fraction of sp³-hybridized carbons (Fsp3) is 0.471. The molecule has 1 aromatic heterocycles. The van der Waals surface area contributed by atoms with Gasteiger partial charge < -0.3 is 15.4 Å². The molecule has 0 aliphatic carbocycles. The molecule has 0 unspecified atom stereocenters. The van der Waals surface area contributed by atoms with Gasteiger partial charge in [0.2, 0.25) is 0 Å². The van der Waals surface area contributed by atoms with Crippen LogP contribution in [0.2, 0.25) is 0 Å². The van der Waals surface area contributed by atoms with Crippen molar-refractivity contribution < 1.29 is 22.3 Å². The lowest BCUT2D eigenvalue weighted by atomic mass is 10.1. The summed E-state index contributed by atoms with van der Waals surface area (Å²) in [6.45, 7) is 5.63. The van der Waals surface area contributed by atoms with Crippen LogP contribution in [0.25, 0.3) is 11.3 Å². The monoisotopic (exact) mass is 391 g/mol. The molecule has 0 amide bonds. The van der Waals surface area contributed by atoms with E-state index in [0.29, 0.717) is 36.7 Å². The minimum absolute atomic E-state index is 0.0476. The number of benzene rings is 1. The van der Waals surface area contributed by atoms with Gasteiger partial charge in [-0.25, -0.2) is 9.37 Å². The van der Waals surface area contributed by atoms with Crippen LogP contribution < -0.4 is 10.6 Å². The Morgan fingerprint density at radius 3 is 2.54 bits per heavy atom. The van der Waals surface area contributed by atoms with Gasteiger partial charge in [0.25, 0.3) is 0 Å². The lowest BCUT2D eigenvalue weighted by Crippen LogP contribution is -2.30. The third kappa shape index (κ3) is 5.07. The van der Waals surface area contributed by atoms with Crippen molar-refractivity contribution in [3.63, 3.8) is 0 Å². The number of thiazole rings is 1. The van der Waals surface area contributed by atoms with Crippen LogP contribution in [-0.4, -0.2) is 31.8 Å². The molecular weight excluding hydrogens is 370 g/mol. The number of halogens is 4. The largest absolute Gasteiger partial charge is 0.416 e. The molecule has 26 heavy (non-hydrogen) atoms. The van der Waals surface area contributed by atoms with Crippen LogP contribution >= 0.6 is 11.3 Å². The fourth-order valence-corrected chi connectivity index (χ4v) is 3.43. The number of aromatic nitrogens is 1. The van der Waals surface area contributed by atoms with E-state index in [-0.39, 0.29) is 16.4 Å². The van der Waals surface area contributed by atoms with E-state index in [9.17, 15) is 17.6 Å². The first-order valence-electron chi connectivity index (χ1n) is 8.00. The third-order valence-corrected chi connectivity index (χ3v) is 4.51. The van der Waals surface area contributed by atoms with Crippen molar-refractivity contribution >= 4 is 21.5 Å². The molecule has 144 valence electrons. The van der Waals surface area contributed by atoms with E-state index in [1.54, 1.807) is 7.11 Å². The molecule has 4 nitrogen and oxygen atoms in total. The zero-order valence-electron chi connectivity index (χ0n) is 14.7. The number of anilines is 2. The van der Waals surface area contributed by atoms with E-state index in [0.717, 1.165) is 23.5 Å². The van der Waals surface area contributed by atoms with Crippen molar-refractivity contribution in [2.45, 2.75) is 20.0 Å². The Bertz CT molecular complexity index is 746. The van der Waals surface area contributed by atoms with Crippen LogP contribution in [0, 0.1) is 11.7 Å². The highest BCUT2D eigenvalue weighted by Gasteiger charge is 2.32. The molecule has 9 heteroatoms. The van der Waals surface area contributed by atoms with Gasteiger partial charge in [0.1, 0.15) is 16.5 Å². The quantitative estimate of drug-likeness (QED) is 0.698. The first-order chi connectivity index (χ1) is 12.1. The molecular formula is C17H21F4N3OS. The van der Waals surface area contributed by atoms with Crippen LogP contribution in [0.3, 0.4) is 0 Å². The van der Waals surface area contributed by atoms with E-state index in [4.69, 9.17) is 10.5 Å². The van der Waals surface area contributed by atoms with E-state index in [1.165, 1.54) is 0 Å². The Morgan fingerprint density at radius 2 is 1.96 bits per heavy atom. The molecule has 2 aromatic rings. The molecule has 0 atom stereocenters. The van der Waals surface area contributed by atoms with Gasteiger partial charge in [-0.1, -0.05) is 25.2 Å². The van der Waals surface area contributed by atoms with E-state index in [1.807, 2.05) is 18.7 Å². The zero-order chi connectivity index (χ0) is 19.5. The number of rotatable bonds is 7. The summed E-state index contributed by atoms with van der Waals surface area (Å²) in [5.41, 5.74) is 5.04. The maximum atomic E-state index is 13.8. The smallest absolute Gasteiger partial charge is 0.383 e. The highest BCUT2D eigenvalue weighted by atomic mass is 32.1. The van der Waals surface area contributed by atoms with Gasteiger partial charge >= 0.3 is 6.18 Å². The summed E-state index contributed by atoms with van der Waals surface area (Å²) >= 11 is 1.16. The molecule has 2 N–H and O–H groups in total. The lowest BCUT2D eigenvalue weighted by Gasteiger charge is -2.25. The fourth-order valence-electron chi connectivity index (χ4n) is 2.54. The maximum absolute atomic E-state index is 13.8. The standard InChI is InChI=1S/C17H21F4N3OS/c1-10(2)9-24(4-5-25-3)15-14(23-16(22)26-15)11-6-12(17(19,20)21)8-13(18)7-11/h6-8,10H,4-5,9H2,1-3H3,(H2,22,23). The van der Waals surface area contributed by atoms with Gasteiger partial charge in [0.15, 0.2) is 5.13 Å². The van der Waals surface area contributed by atoms with E-state index in [2.05, 4.69) is 4.98 Å². The van der Waals surface area contributed by atoms with Gasteiger partial charge in [-0.15, -0.1) is 0 Å². The Hall–Kier alpha value is -1.87. The van der Waals surface area contributed by atoms with Gasteiger partial charge in [-0.05, 0) is 24.1 Å². The summed E-state index contributed by atoms with van der Waals surface area (Å²) in [5.74, 6) is -0.680. The van der Waals surface area contributed by atoms with Crippen molar-refractivity contribution in [2.24, 2.45) is 5.92 Å². The Labute approximate surface area is 153 Å². The SMILES string of the molecule is COCCN(CC(C)C)c1sc(N)nc1-c1cc(F)cc(C(F)(F)F)c1. The molecule has 2 rings (SSSR count). The molecule has 0 fully saturated rings. The second-order valence-electron chi connectivity index (χ2n) is 6.26. The number of hydrogen-bond donors (Lipinski definition) is 1. The summed E-state index contributed by atoms with van der Waals surface area (Å²) in [6, 6.07) is 2.40. The summed E-state index contributed by atoms with van der Waals surface area (Å²) in [6.07, 6.45) is -4.65. The first-order valence-corrected chi connectivity index (χ1v) is 8.81. The van der Waals surface area contributed by atoms with Crippen LogP contribution in [0.15, 0.2) is 18.2 Å². The Balaban J connectivity index is 2.52. The summed E-state index contributed by atoms with van der Waals surface area (Å²) in [7, 11) is 1.57. The van der Waals surface area contributed by atoms with Gasteiger partial charge in [-0.3, -0.25) is 0 Å². The second-order valence-corrected chi connectivity index (χ2v) is 7.27. The van der Waals surface area contributed by atoms with Gasteiger partial charge in [0.05, 0.1) is 12.2 Å². The molecule has 1 heterocycles. The summed E-state index contributed by atoms with van der Waals surface area (Å²) < 4.78 is 58.0. The number of hydrogen-bond acceptors (Lipinski definition) is 5. The topological polar surface area (TPSA) is 51.4 Å². The average Bonchev–Trinajstić information content (AvgIpc) is 2.91. The Kier molecular flexibility index (Phi) is 6.46. The molecule has 0 saturated carbocycles. The minimum Gasteiger partial charge on any atom is -0.383 e. The number of nitrogens with zero attached hydrogens (tertiary/aromatic N) is 2. The van der Waals surface area contributed by atoms with Crippen LogP contribution in [-0.2, 0) is 10.9 Å². The molecule has 0 aliphatic heterocycles. The summed E-state index contributed by atoms with van der Waals surface area (Å²) in [4.78, 5) is 6.12. The number of nitrogen functional groups attached to an aromatic ring is 1. The highest BCUT2D eigenvalue weighted by molar-refractivity contribution is 7.19. The zero-order valence-corrected chi connectivity index (χ0v) is 15.5. The lowest BCUT2D eigenvalue weighted by molar-refractivity contribution is -0.137. The molecule has 0 bridgehead atoms. The highest BCUT2D eigenvalue weighted by Crippen LogP contribution is 2.40. The van der Waals surface area contributed by atoms with Gasteiger partial charge in [0, 0.05) is 25.8 Å². The number of alkyl halides is 3. The number of nitrogens with two attached hydrogens (primary N) is 1. The van der Waals surface area contributed by atoms with Crippen LogP contribution in [0.4, 0.5) is 27.7 Å².